The number of methoxy groups -OCH3 is 2. The number of ether oxygens (including phenoxy) is 3. The first kappa shape index (κ1) is 27.2. The molecule has 40 heavy (non-hydrogen) atoms. The first-order chi connectivity index (χ1) is 19.4. The van der Waals surface area contributed by atoms with Gasteiger partial charge in [0.25, 0.3) is 0 Å². The third-order valence-corrected chi connectivity index (χ3v) is 7.15. The number of carbonyl (C=O) groups excluding carboxylic acids is 1. The zero-order valence-corrected chi connectivity index (χ0v) is 22.9. The van der Waals surface area contributed by atoms with Crippen LogP contribution in [0.4, 0.5) is 15.9 Å². The second kappa shape index (κ2) is 11.8. The summed E-state index contributed by atoms with van der Waals surface area (Å²) in [4.78, 5) is 22.6. The Labute approximate surface area is 236 Å². The molecule has 0 radical (unpaired) electrons. The molecule has 0 spiro atoms. The second-order valence-corrected chi connectivity index (χ2v) is 9.66. The number of likely N-dealkylation sites (tertiary alicyclic amines) is 1. The Morgan fingerprint density at radius 1 is 1.05 bits per heavy atom. The van der Waals surface area contributed by atoms with Crippen molar-refractivity contribution in [3.8, 4) is 28.4 Å². The highest BCUT2D eigenvalue weighted by Crippen LogP contribution is 2.39. The number of hydrogen-bond donors (Lipinski definition) is 1. The summed E-state index contributed by atoms with van der Waals surface area (Å²) in [5, 5.41) is 4.37. The molecular weight excluding hydrogens is 535 g/mol. The van der Waals surface area contributed by atoms with Gasteiger partial charge in [-0.15, -0.1) is 0 Å². The molecule has 5 rings (SSSR count). The number of benzene rings is 3. The lowest BCUT2D eigenvalue weighted by Gasteiger charge is -2.31. The van der Waals surface area contributed by atoms with Crippen molar-refractivity contribution in [3.05, 3.63) is 78.4 Å². The molecule has 4 aromatic rings. The van der Waals surface area contributed by atoms with Gasteiger partial charge in [0.05, 0.1) is 30.4 Å². The molecule has 0 unspecified atom stereocenters. The summed E-state index contributed by atoms with van der Waals surface area (Å²) in [7, 11) is 3.16. The summed E-state index contributed by atoms with van der Waals surface area (Å²) in [6.45, 7) is 4.75. The van der Waals surface area contributed by atoms with Crippen LogP contribution in [-0.4, -0.2) is 54.2 Å². The molecule has 1 aliphatic heterocycles. The number of aromatic nitrogens is 2. The second-order valence-electron chi connectivity index (χ2n) is 9.25. The summed E-state index contributed by atoms with van der Waals surface area (Å²) in [6.07, 6.45) is 4.09. The fourth-order valence-corrected chi connectivity index (χ4v) is 5.02. The molecule has 1 N–H and O–H groups in total. The lowest BCUT2D eigenvalue weighted by molar-refractivity contribution is -0.127. The SMILES string of the molecule is C=CC(=O)N1CCC(Oc2cc3c(Nc4cc(-c5ccc(F)cc5Cl)ccc4OC)ncnc3cc2OC)CC1. The van der Waals surface area contributed by atoms with Gasteiger partial charge in [-0.1, -0.05) is 24.2 Å². The highest BCUT2D eigenvalue weighted by atomic mass is 35.5. The molecule has 0 aliphatic carbocycles. The van der Waals surface area contributed by atoms with Crippen LogP contribution in [0.5, 0.6) is 17.2 Å². The zero-order chi connectivity index (χ0) is 28.2. The fourth-order valence-electron chi connectivity index (χ4n) is 4.74. The average Bonchev–Trinajstić information content (AvgIpc) is 2.97. The molecule has 206 valence electrons. The van der Waals surface area contributed by atoms with E-state index in [4.69, 9.17) is 25.8 Å². The number of halogens is 2. The molecule has 1 saturated heterocycles. The number of piperidine rings is 1. The minimum atomic E-state index is -0.405. The van der Waals surface area contributed by atoms with Gasteiger partial charge in [-0.25, -0.2) is 14.4 Å². The maximum atomic E-state index is 13.6. The van der Waals surface area contributed by atoms with Gasteiger partial charge in [0.15, 0.2) is 11.5 Å². The number of carbonyl (C=O) groups is 1. The summed E-state index contributed by atoms with van der Waals surface area (Å²) >= 11 is 6.32. The van der Waals surface area contributed by atoms with Crippen LogP contribution >= 0.6 is 11.6 Å². The zero-order valence-electron chi connectivity index (χ0n) is 22.1. The van der Waals surface area contributed by atoms with Gasteiger partial charge in [0.2, 0.25) is 5.91 Å². The van der Waals surface area contributed by atoms with E-state index in [0.29, 0.717) is 76.2 Å². The number of hydrogen-bond acceptors (Lipinski definition) is 7. The molecule has 1 aliphatic rings. The predicted molar refractivity (Wildman–Crippen MR) is 153 cm³/mol. The van der Waals surface area contributed by atoms with Gasteiger partial charge in [-0.05, 0) is 48.0 Å². The molecule has 0 atom stereocenters. The van der Waals surface area contributed by atoms with Gasteiger partial charge >= 0.3 is 0 Å². The van der Waals surface area contributed by atoms with Crippen molar-refractivity contribution >= 4 is 39.9 Å². The van der Waals surface area contributed by atoms with Crippen LogP contribution in [0.1, 0.15) is 12.8 Å². The lowest BCUT2D eigenvalue weighted by atomic mass is 10.0. The van der Waals surface area contributed by atoms with Gasteiger partial charge < -0.3 is 24.4 Å². The molecule has 8 nitrogen and oxygen atoms in total. The number of nitrogens with one attached hydrogen (secondary N) is 1. The maximum absolute atomic E-state index is 13.6. The molecule has 0 bridgehead atoms. The molecule has 1 amide bonds. The summed E-state index contributed by atoms with van der Waals surface area (Å²) in [5.41, 5.74) is 2.75. The normalized spacial score (nSPS) is 13.7. The van der Waals surface area contributed by atoms with Crippen molar-refractivity contribution in [2.45, 2.75) is 18.9 Å². The van der Waals surface area contributed by atoms with E-state index in [-0.39, 0.29) is 12.0 Å². The van der Waals surface area contributed by atoms with Crippen molar-refractivity contribution in [3.63, 3.8) is 0 Å². The van der Waals surface area contributed by atoms with Crippen LogP contribution in [-0.2, 0) is 4.79 Å². The molecule has 2 heterocycles. The Hall–Kier alpha value is -4.37. The molecule has 1 fully saturated rings. The predicted octanol–water partition coefficient (Wildman–Crippen LogP) is 6.41. The van der Waals surface area contributed by atoms with Gasteiger partial charge in [-0.3, -0.25) is 4.79 Å². The van der Waals surface area contributed by atoms with E-state index >= 15 is 0 Å². The summed E-state index contributed by atoms with van der Waals surface area (Å²) in [5.74, 6) is 1.74. The maximum Gasteiger partial charge on any atom is 0.245 e. The highest BCUT2D eigenvalue weighted by molar-refractivity contribution is 6.33. The number of amides is 1. The first-order valence-electron chi connectivity index (χ1n) is 12.7. The third-order valence-electron chi connectivity index (χ3n) is 6.84. The minimum Gasteiger partial charge on any atom is -0.495 e. The Morgan fingerprint density at radius 3 is 2.52 bits per heavy atom. The molecule has 10 heteroatoms. The fraction of sp³-hybridized carbons (Fsp3) is 0.233. The van der Waals surface area contributed by atoms with E-state index < -0.39 is 5.82 Å². The molecular formula is C30H28ClFN4O4. The lowest BCUT2D eigenvalue weighted by Crippen LogP contribution is -2.41. The minimum absolute atomic E-state index is 0.0733. The van der Waals surface area contributed by atoms with Gasteiger partial charge in [0.1, 0.15) is 29.8 Å². The van der Waals surface area contributed by atoms with Crippen molar-refractivity contribution in [1.82, 2.24) is 14.9 Å². The Bertz CT molecular complexity index is 1570. The van der Waals surface area contributed by atoms with Gasteiger partial charge in [0, 0.05) is 42.9 Å². The molecule has 1 aromatic heterocycles. The quantitative estimate of drug-likeness (QED) is 0.248. The van der Waals surface area contributed by atoms with Crippen molar-refractivity contribution in [2.24, 2.45) is 0 Å². The van der Waals surface area contributed by atoms with Crippen LogP contribution in [0.25, 0.3) is 22.0 Å². The Kier molecular flexibility index (Phi) is 8.02. The highest BCUT2D eigenvalue weighted by Gasteiger charge is 2.24. The Balaban J connectivity index is 1.46. The van der Waals surface area contributed by atoms with Gasteiger partial charge in [-0.2, -0.15) is 0 Å². The first-order valence-corrected chi connectivity index (χ1v) is 13.1. The van der Waals surface area contributed by atoms with Crippen molar-refractivity contribution in [2.75, 3.05) is 32.6 Å². The van der Waals surface area contributed by atoms with Crippen molar-refractivity contribution in [1.29, 1.82) is 0 Å². The van der Waals surface area contributed by atoms with Crippen LogP contribution in [0.2, 0.25) is 5.02 Å². The van der Waals surface area contributed by atoms with E-state index in [9.17, 15) is 9.18 Å². The number of rotatable bonds is 8. The number of fused-ring (bicyclic) bond motifs is 1. The van der Waals surface area contributed by atoms with E-state index in [0.717, 1.165) is 5.56 Å². The van der Waals surface area contributed by atoms with E-state index in [1.54, 1.807) is 31.3 Å². The van der Waals surface area contributed by atoms with E-state index in [1.165, 1.54) is 24.5 Å². The topological polar surface area (TPSA) is 85.8 Å². The van der Waals surface area contributed by atoms with Crippen LogP contribution in [0.3, 0.4) is 0 Å². The standard InChI is InChI=1S/C30H28ClFN4O4/c1-4-29(37)36-11-9-20(10-12-36)40-28-15-22-24(16-27(28)39-3)33-17-34-30(22)35-25-13-18(5-8-26(25)38-2)21-7-6-19(32)14-23(21)31/h4-8,13-17,20H,1,9-12H2,2-3H3,(H,33,34,35). The Morgan fingerprint density at radius 2 is 1.82 bits per heavy atom. The van der Waals surface area contributed by atoms with Crippen LogP contribution in [0, 0.1) is 5.82 Å². The molecule has 3 aromatic carbocycles. The van der Waals surface area contributed by atoms with E-state index in [2.05, 4.69) is 21.9 Å². The monoisotopic (exact) mass is 562 g/mol. The summed E-state index contributed by atoms with van der Waals surface area (Å²) in [6, 6.07) is 13.5. The largest absolute Gasteiger partial charge is 0.495 e. The third kappa shape index (κ3) is 5.65. The van der Waals surface area contributed by atoms with Crippen molar-refractivity contribution < 1.29 is 23.4 Å². The van der Waals surface area contributed by atoms with E-state index in [1.807, 2.05) is 24.3 Å². The smallest absolute Gasteiger partial charge is 0.245 e. The number of anilines is 2. The van der Waals surface area contributed by atoms with Crippen LogP contribution in [0.15, 0.2) is 67.5 Å². The van der Waals surface area contributed by atoms with Crippen LogP contribution < -0.4 is 19.5 Å². The average molecular weight is 563 g/mol. The summed E-state index contributed by atoms with van der Waals surface area (Å²) < 4.78 is 31.2. The number of nitrogens with zero attached hydrogens (tertiary/aromatic N) is 3. The molecule has 0 saturated carbocycles.